The summed E-state index contributed by atoms with van der Waals surface area (Å²) in [4.78, 5) is 12.1. The summed E-state index contributed by atoms with van der Waals surface area (Å²) in [5.74, 6) is 1.39. The van der Waals surface area contributed by atoms with E-state index in [0.29, 0.717) is 11.2 Å². The maximum atomic E-state index is 12.1. The molecule has 0 aromatic heterocycles. The van der Waals surface area contributed by atoms with Crippen LogP contribution in [-0.2, 0) is 4.79 Å². The lowest BCUT2D eigenvalue weighted by atomic mass is 9.71. The van der Waals surface area contributed by atoms with Gasteiger partial charge in [-0.25, -0.2) is 0 Å². The molecule has 1 fully saturated rings. The van der Waals surface area contributed by atoms with Crippen LogP contribution in [0.4, 0.5) is 0 Å². The van der Waals surface area contributed by atoms with Crippen molar-refractivity contribution in [3.05, 3.63) is 27.1 Å². The highest BCUT2D eigenvalue weighted by atomic mass is 79.9. The summed E-state index contributed by atoms with van der Waals surface area (Å²) in [6.07, 6.45) is 4.51. The van der Waals surface area contributed by atoms with Gasteiger partial charge in [-0.3, -0.25) is 4.79 Å². The number of hydrogen-bond donors (Lipinski definition) is 1. The zero-order chi connectivity index (χ0) is 17.0. The molecule has 0 unspecified atom stereocenters. The van der Waals surface area contributed by atoms with Crippen molar-refractivity contribution in [1.29, 1.82) is 0 Å². The minimum absolute atomic E-state index is 0.0426. The van der Waals surface area contributed by atoms with Crippen LogP contribution in [-0.4, -0.2) is 18.6 Å². The molecular formula is C18H25Br2NO2. The van der Waals surface area contributed by atoms with Crippen molar-refractivity contribution in [2.75, 3.05) is 6.61 Å². The minimum atomic E-state index is -0.0426. The largest absolute Gasteiger partial charge is 0.483 e. The molecule has 1 aromatic rings. The van der Waals surface area contributed by atoms with E-state index in [2.05, 4.69) is 57.9 Å². The number of ether oxygens (including phenoxy) is 1. The van der Waals surface area contributed by atoms with E-state index in [-0.39, 0.29) is 18.6 Å². The molecule has 0 heterocycles. The fourth-order valence-electron chi connectivity index (χ4n) is 3.11. The van der Waals surface area contributed by atoms with Crippen molar-refractivity contribution in [2.24, 2.45) is 11.3 Å². The molecule has 3 nitrogen and oxygen atoms in total. The van der Waals surface area contributed by atoms with Crippen molar-refractivity contribution in [2.45, 2.75) is 52.5 Å². The molecule has 0 spiro atoms. The van der Waals surface area contributed by atoms with E-state index < -0.39 is 0 Å². The fourth-order valence-corrected chi connectivity index (χ4v) is 4.27. The summed E-state index contributed by atoms with van der Waals surface area (Å²) in [6.45, 7) is 6.97. The van der Waals surface area contributed by atoms with Crippen molar-refractivity contribution in [1.82, 2.24) is 5.32 Å². The van der Waals surface area contributed by atoms with E-state index in [9.17, 15) is 4.79 Å². The molecule has 1 amide bonds. The molecule has 1 aromatic carbocycles. The average Bonchev–Trinajstić information content (AvgIpc) is 2.46. The highest BCUT2D eigenvalue weighted by Crippen LogP contribution is 2.37. The Balaban J connectivity index is 1.75. The summed E-state index contributed by atoms with van der Waals surface area (Å²) >= 11 is 6.83. The van der Waals surface area contributed by atoms with E-state index in [1.807, 2.05) is 18.2 Å². The van der Waals surface area contributed by atoms with Crippen molar-refractivity contribution in [3.8, 4) is 5.75 Å². The molecule has 1 N–H and O–H groups in total. The Bertz CT molecular complexity index is 546. The molecule has 0 atom stereocenters. The van der Waals surface area contributed by atoms with E-state index in [1.54, 1.807) is 0 Å². The molecule has 23 heavy (non-hydrogen) atoms. The Morgan fingerprint density at radius 1 is 1.22 bits per heavy atom. The molecule has 0 aliphatic heterocycles. The summed E-state index contributed by atoms with van der Waals surface area (Å²) in [6, 6.07) is 5.93. The Morgan fingerprint density at radius 3 is 2.43 bits per heavy atom. The van der Waals surface area contributed by atoms with Gasteiger partial charge in [0.15, 0.2) is 6.61 Å². The predicted molar refractivity (Wildman–Crippen MR) is 101 cm³/mol. The topological polar surface area (TPSA) is 38.3 Å². The first-order valence-electron chi connectivity index (χ1n) is 8.13. The number of hydrogen-bond acceptors (Lipinski definition) is 2. The van der Waals surface area contributed by atoms with Gasteiger partial charge < -0.3 is 10.1 Å². The number of halogens is 2. The summed E-state index contributed by atoms with van der Waals surface area (Å²) in [5, 5.41) is 3.10. The third kappa shape index (κ3) is 5.79. The maximum absolute atomic E-state index is 12.1. The maximum Gasteiger partial charge on any atom is 0.258 e. The molecule has 1 aliphatic rings. The lowest BCUT2D eigenvalue weighted by Gasteiger charge is -2.37. The normalized spacial score (nSPS) is 21.8. The standard InChI is InChI=1S/C18H25Br2NO2/c1-18(2,3)12-4-7-14(8-5-12)21-17(22)11-23-16-9-6-13(19)10-15(16)20/h6,9-10,12,14H,4-5,7-8,11H2,1-3H3,(H,21,22). The van der Waals surface area contributed by atoms with E-state index in [4.69, 9.17) is 4.74 Å². The SMILES string of the molecule is CC(C)(C)C1CCC(NC(=O)COc2ccc(Br)cc2Br)CC1. The van der Waals surface area contributed by atoms with Gasteiger partial charge in [0.05, 0.1) is 4.47 Å². The Kier molecular flexibility index (Phi) is 6.55. The average molecular weight is 447 g/mol. The molecule has 1 aliphatic carbocycles. The second-order valence-corrected chi connectivity index (χ2v) is 9.12. The van der Waals surface area contributed by atoms with Gasteiger partial charge >= 0.3 is 0 Å². The number of amides is 1. The second-order valence-electron chi connectivity index (χ2n) is 7.35. The fraction of sp³-hybridized carbons (Fsp3) is 0.611. The van der Waals surface area contributed by atoms with Gasteiger partial charge in [-0.15, -0.1) is 0 Å². The highest BCUT2D eigenvalue weighted by molar-refractivity contribution is 9.11. The van der Waals surface area contributed by atoms with E-state index >= 15 is 0 Å². The lowest BCUT2D eigenvalue weighted by Crippen LogP contribution is -2.41. The predicted octanol–water partition coefficient (Wildman–Crippen LogP) is 5.31. The van der Waals surface area contributed by atoms with Crippen molar-refractivity contribution in [3.63, 3.8) is 0 Å². The van der Waals surface area contributed by atoms with Crippen LogP contribution in [0.15, 0.2) is 27.1 Å². The molecule has 0 bridgehead atoms. The third-order valence-electron chi connectivity index (χ3n) is 4.57. The van der Waals surface area contributed by atoms with E-state index in [1.165, 1.54) is 12.8 Å². The van der Waals surface area contributed by atoms with Gasteiger partial charge in [-0.2, -0.15) is 0 Å². The Morgan fingerprint density at radius 2 is 1.87 bits per heavy atom. The number of rotatable bonds is 4. The van der Waals surface area contributed by atoms with Gasteiger partial charge in [0.1, 0.15) is 5.75 Å². The van der Waals surface area contributed by atoms with Gasteiger partial charge in [0.2, 0.25) is 0 Å². The molecule has 5 heteroatoms. The van der Waals surface area contributed by atoms with Crippen LogP contribution in [0.25, 0.3) is 0 Å². The van der Waals surface area contributed by atoms with Crippen LogP contribution >= 0.6 is 31.9 Å². The first kappa shape index (κ1) is 18.8. The van der Waals surface area contributed by atoms with Gasteiger partial charge in [0.25, 0.3) is 5.91 Å². The highest BCUT2D eigenvalue weighted by Gasteiger charge is 2.30. The first-order chi connectivity index (χ1) is 10.8. The molecule has 2 rings (SSSR count). The van der Waals surface area contributed by atoms with Crippen LogP contribution in [0.2, 0.25) is 0 Å². The van der Waals surface area contributed by atoms with Crippen LogP contribution in [0, 0.1) is 11.3 Å². The Labute approximate surface area is 155 Å². The monoisotopic (exact) mass is 445 g/mol. The molecule has 0 saturated heterocycles. The molecular weight excluding hydrogens is 422 g/mol. The Hall–Kier alpha value is -0.550. The zero-order valence-electron chi connectivity index (χ0n) is 14.0. The van der Waals surface area contributed by atoms with Gasteiger partial charge in [-0.1, -0.05) is 36.7 Å². The quantitative estimate of drug-likeness (QED) is 0.680. The number of carbonyl (C=O) groups excluding carboxylic acids is 1. The van der Waals surface area contributed by atoms with E-state index in [0.717, 1.165) is 27.7 Å². The smallest absolute Gasteiger partial charge is 0.258 e. The molecule has 0 radical (unpaired) electrons. The van der Waals surface area contributed by atoms with Gasteiger partial charge in [0, 0.05) is 10.5 Å². The van der Waals surface area contributed by atoms with Crippen LogP contribution < -0.4 is 10.1 Å². The summed E-state index contributed by atoms with van der Waals surface area (Å²) in [5.41, 5.74) is 0.367. The van der Waals surface area contributed by atoms with Gasteiger partial charge in [-0.05, 0) is 71.1 Å². The van der Waals surface area contributed by atoms with Crippen LogP contribution in [0.5, 0.6) is 5.75 Å². The van der Waals surface area contributed by atoms with Crippen LogP contribution in [0.1, 0.15) is 46.5 Å². The molecule has 1 saturated carbocycles. The second kappa shape index (κ2) is 8.02. The zero-order valence-corrected chi connectivity index (χ0v) is 17.2. The van der Waals surface area contributed by atoms with Crippen molar-refractivity contribution < 1.29 is 9.53 Å². The van der Waals surface area contributed by atoms with Crippen LogP contribution in [0.3, 0.4) is 0 Å². The number of carbonyl (C=O) groups is 1. The number of benzene rings is 1. The summed E-state index contributed by atoms with van der Waals surface area (Å²) < 4.78 is 7.40. The van der Waals surface area contributed by atoms with Crippen molar-refractivity contribution >= 4 is 37.8 Å². The summed E-state index contributed by atoms with van der Waals surface area (Å²) in [7, 11) is 0. The lowest BCUT2D eigenvalue weighted by molar-refractivity contribution is -0.124. The first-order valence-corrected chi connectivity index (χ1v) is 9.71. The minimum Gasteiger partial charge on any atom is -0.483 e. The number of nitrogens with one attached hydrogen (secondary N) is 1. The molecule has 128 valence electrons. The third-order valence-corrected chi connectivity index (χ3v) is 5.68.